The molecule has 0 unspecified atom stereocenters. The highest BCUT2D eigenvalue weighted by atomic mass is 35.5. The van der Waals surface area contributed by atoms with Gasteiger partial charge in [-0.15, -0.1) is 0 Å². The summed E-state index contributed by atoms with van der Waals surface area (Å²) >= 11 is 6.18. The summed E-state index contributed by atoms with van der Waals surface area (Å²) in [7, 11) is 4.08. The third kappa shape index (κ3) is 3.64. The summed E-state index contributed by atoms with van der Waals surface area (Å²) in [6, 6.07) is 6.26. The summed E-state index contributed by atoms with van der Waals surface area (Å²) in [5.41, 5.74) is 4.38. The molecule has 4 nitrogen and oxygen atoms in total. The first-order valence-electron chi connectivity index (χ1n) is 7.07. The van der Waals surface area contributed by atoms with Crippen LogP contribution in [0.4, 0.5) is 17.2 Å². The minimum atomic E-state index is 0.522. The summed E-state index contributed by atoms with van der Waals surface area (Å²) in [5.74, 6) is 0.783. The van der Waals surface area contributed by atoms with Crippen molar-refractivity contribution in [2.24, 2.45) is 0 Å². The standard InChI is InChI=1S/C16H21ClN4/c1-5-6-13-15(17)18-10-19-16(13)20-12-8-7-11(2)14(9-12)21(3)4/h7-10H,5-6H2,1-4H3,(H,18,19,20). The zero-order chi connectivity index (χ0) is 15.4. The number of aryl methyl sites for hydroxylation is 1. The smallest absolute Gasteiger partial charge is 0.138 e. The molecule has 0 fully saturated rings. The van der Waals surface area contributed by atoms with Gasteiger partial charge in [0, 0.05) is 31.0 Å². The number of halogens is 1. The molecule has 2 aromatic rings. The Morgan fingerprint density at radius 3 is 2.67 bits per heavy atom. The number of nitrogens with zero attached hydrogens (tertiary/aromatic N) is 3. The molecular formula is C16H21ClN4. The first kappa shape index (κ1) is 15.6. The summed E-state index contributed by atoms with van der Waals surface area (Å²) < 4.78 is 0. The van der Waals surface area contributed by atoms with Crippen molar-refractivity contribution in [3.05, 3.63) is 40.8 Å². The highest BCUT2D eigenvalue weighted by Gasteiger charge is 2.10. The molecule has 2 rings (SSSR count). The lowest BCUT2D eigenvalue weighted by atomic mass is 10.1. The second-order valence-corrected chi connectivity index (χ2v) is 5.62. The molecular weight excluding hydrogens is 284 g/mol. The number of anilines is 3. The molecule has 0 saturated heterocycles. The van der Waals surface area contributed by atoms with Gasteiger partial charge in [0.1, 0.15) is 17.3 Å². The SMILES string of the molecule is CCCc1c(Cl)ncnc1Nc1ccc(C)c(N(C)C)c1. The molecule has 0 aliphatic carbocycles. The first-order chi connectivity index (χ1) is 10.0. The van der Waals surface area contributed by atoms with Crippen LogP contribution in [0.15, 0.2) is 24.5 Å². The Kier molecular flexibility index (Phi) is 5.02. The second kappa shape index (κ2) is 6.76. The van der Waals surface area contributed by atoms with Gasteiger partial charge in [-0.25, -0.2) is 9.97 Å². The van der Waals surface area contributed by atoms with E-state index in [9.17, 15) is 0 Å². The summed E-state index contributed by atoms with van der Waals surface area (Å²) in [4.78, 5) is 10.5. The van der Waals surface area contributed by atoms with Crippen LogP contribution >= 0.6 is 11.6 Å². The van der Waals surface area contributed by atoms with E-state index in [0.717, 1.165) is 29.9 Å². The predicted octanol–water partition coefficient (Wildman–Crippen LogP) is 4.20. The second-order valence-electron chi connectivity index (χ2n) is 5.26. The lowest BCUT2D eigenvalue weighted by Gasteiger charge is -2.18. The quantitative estimate of drug-likeness (QED) is 0.841. The van der Waals surface area contributed by atoms with Gasteiger partial charge in [-0.05, 0) is 31.0 Å². The average Bonchev–Trinajstić information content (AvgIpc) is 2.44. The van der Waals surface area contributed by atoms with Gasteiger partial charge in [-0.1, -0.05) is 31.0 Å². The van der Waals surface area contributed by atoms with Crippen LogP contribution in [0.1, 0.15) is 24.5 Å². The number of aromatic nitrogens is 2. The summed E-state index contributed by atoms with van der Waals surface area (Å²) in [6.07, 6.45) is 3.35. The molecule has 0 atom stereocenters. The monoisotopic (exact) mass is 304 g/mol. The summed E-state index contributed by atoms with van der Waals surface area (Å²) in [5, 5.41) is 3.88. The van der Waals surface area contributed by atoms with Crippen LogP contribution in [-0.4, -0.2) is 24.1 Å². The molecule has 0 amide bonds. The van der Waals surface area contributed by atoms with E-state index in [1.165, 1.54) is 17.6 Å². The molecule has 1 aromatic carbocycles. The van der Waals surface area contributed by atoms with Crippen LogP contribution in [0.5, 0.6) is 0 Å². The van der Waals surface area contributed by atoms with E-state index in [1.807, 2.05) is 20.2 Å². The maximum atomic E-state index is 6.18. The van der Waals surface area contributed by atoms with E-state index in [4.69, 9.17) is 11.6 Å². The van der Waals surface area contributed by atoms with Gasteiger partial charge in [0.15, 0.2) is 0 Å². The van der Waals surface area contributed by atoms with Gasteiger partial charge in [0.25, 0.3) is 0 Å². The number of benzene rings is 1. The van der Waals surface area contributed by atoms with Crippen LogP contribution in [-0.2, 0) is 6.42 Å². The highest BCUT2D eigenvalue weighted by Crippen LogP contribution is 2.28. The number of nitrogens with one attached hydrogen (secondary N) is 1. The first-order valence-corrected chi connectivity index (χ1v) is 7.45. The van der Waals surface area contributed by atoms with Crippen molar-refractivity contribution in [2.75, 3.05) is 24.3 Å². The molecule has 1 heterocycles. The van der Waals surface area contributed by atoms with Gasteiger partial charge >= 0.3 is 0 Å². The normalized spacial score (nSPS) is 10.5. The Hall–Kier alpha value is -1.81. The van der Waals surface area contributed by atoms with Crippen LogP contribution in [0.25, 0.3) is 0 Å². The summed E-state index contributed by atoms with van der Waals surface area (Å²) in [6.45, 7) is 4.21. The maximum absolute atomic E-state index is 6.18. The Balaban J connectivity index is 2.34. The fourth-order valence-corrected chi connectivity index (χ4v) is 2.50. The van der Waals surface area contributed by atoms with Crippen LogP contribution in [0.2, 0.25) is 5.15 Å². The molecule has 0 aliphatic rings. The minimum absolute atomic E-state index is 0.522. The third-order valence-electron chi connectivity index (χ3n) is 3.35. The molecule has 0 bridgehead atoms. The maximum Gasteiger partial charge on any atom is 0.138 e. The van der Waals surface area contributed by atoms with E-state index < -0.39 is 0 Å². The molecule has 21 heavy (non-hydrogen) atoms. The number of hydrogen-bond donors (Lipinski definition) is 1. The Labute approximate surface area is 131 Å². The molecule has 1 aromatic heterocycles. The van der Waals surface area contributed by atoms with Crippen molar-refractivity contribution in [2.45, 2.75) is 26.7 Å². The fourth-order valence-electron chi connectivity index (χ4n) is 2.28. The highest BCUT2D eigenvalue weighted by molar-refractivity contribution is 6.30. The topological polar surface area (TPSA) is 41.1 Å². The molecule has 1 N–H and O–H groups in total. The Morgan fingerprint density at radius 2 is 2.00 bits per heavy atom. The van der Waals surface area contributed by atoms with Crippen molar-refractivity contribution in [3.63, 3.8) is 0 Å². The molecule has 112 valence electrons. The van der Waals surface area contributed by atoms with Gasteiger partial charge < -0.3 is 10.2 Å². The van der Waals surface area contributed by atoms with Gasteiger partial charge in [0.2, 0.25) is 0 Å². The molecule has 0 spiro atoms. The lowest BCUT2D eigenvalue weighted by molar-refractivity contribution is 0.904. The van der Waals surface area contributed by atoms with Crippen molar-refractivity contribution < 1.29 is 0 Å². The number of rotatable bonds is 5. The van der Waals surface area contributed by atoms with Crippen molar-refractivity contribution in [1.29, 1.82) is 0 Å². The zero-order valence-corrected chi connectivity index (χ0v) is 13.7. The van der Waals surface area contributed by atoms with E-state index in [1.54, 1.807) is 0 Å². The minimum Gasteiger partial charge on any atom is -0.377 e. The fraction of sp³-hybridized carbons (Fsp3) is 0.375. The van der Waals surface area contributed by atoms with Gasteiger partial charge in [-0.2, -0.15) is 0 Å². The lowest BCUT2D eigenvalue weighted by Crippen LogP contribution is -2.10. The molecule has 0 radical (unpaired) electrons. The van der Waals surface area contributed by atoms with E-state index in [-0.39, 0.29) is 0 Å². The van der Waals surface area contributed by atoms with Crippen molar-refractivity contribution in [1.82, 2.24) is 9.97 Å². The van der Waals surface area contributed by atoms with Crippen LogP contribution in [0, 0.1) is 6.92 Å². The van der Waals surface area contributed by atoms with Gasteiger partial charge in [0.05, 0.1) is 0 Å². The Morgan fingerprint density at radius 1 is 1.24 bits per heavy atom. The molecule has 0 saturated carbocycles. The van der Waals surface area contributed by atoms with Crippen molar-refractivity contribution >= 4 is 28.8 Å². The van der Waals surface area contributed by atoms with Gasteiger partial charge in [-0.3, -0.25) is 0 Å². The largest absolute Gasteiger partial charge is 0.377 e. The number of hydrogen-bond acceptors (Lipinski definition) is 4. The van der Waals surface area contributed by atoms with Crippen LogP contribution < -0.4 is 10.2 Å². The molecule has 5 heteroatoms. The van der Waals surface area contributed by atoms with Crippen molar-refractivity contribution in [3.8, 4) is 0 Å². The predicted molar refractivity (Wildman–Crippen MR) is 89.8 cm³/mol. The van der Waals surface area contributed by atoms with Crippen LogP contribution in [0.3, 0.4) is 0 Å². The Bertz CT molecular complexity index is 626. The zero-order valence-electron chi connectivity index (χ0n) is 12.9. The van der Waals surface area contributed by atoms with E-state index >= 15 is 0 Å². The van der Waals surface area contributed by atoms with E-state index in [0.29, 0.717) is 5.15 Å². The van der Waals surface area contributed by atoms with E-state index in [2.05, 4.69) is 46.2 Å². The average molecular weight is 305 g/mol. The molecule has 0 aliphatic heterocycles. The third-order valence-corrected chi connectivity index (χ3v) is 3.67.